The molecule has 0 spiro atoms. The number of carbonyl (C=O) groups is 1. The fourth-order valence-electron chi connectivity index (χ4n) is 1.55. The molecule has 3 nitrogen and oxygen atoms in total. The molecule has 2 aromatic carbocycles. The molecule has 0 saturated heterocycles. The lowest BCUT2D eigenvalue weighted by Crippen LogP contribution is -2.08. The van der Waals surface area contributed by atoms with Gasteiger partial charge in [-0.3, -0.25) is 9.79 Å². The lowest BCUT2D eigenvalue weighted by molar-refractivity contribution is -0.143. The summed E-state index contributed by atoms with van der Waals surface area (Å²) in [4.78, 5) is 15.5. The second-order valence-electron chi connectivity index (χ2n) is 4.03. The first-order valence-electron chi connectivity index (χ1n) is 6.09. The number of ether oxygens (including phenoxy) is 1. The molecule has 0 amide bonds. The SMILES string of the molecule is O=C(CN=Cc1ccccc1)OCc1ccccc1. The van der Waals surface area contributed by atoms with Crippen molar-refractivity contribution < 1.29 is 9.53 Å². The van der Waals surface area contributed by atoms with E-state index in [9.17, 15) is 4.79 Å². The molecule has 0 heterocycles. The quantitative estimate of drug-likeness (QED) is 0.607. The Kier molecular flexibility index (Phi) is 4.87. The van der Waals surface area contributed by atoms with Crippen molar-refractivity contribution in [3.63, 3.8) is 0 Å². The molecule has 2 aromatic rings. The molecular weight excluding hydrogens is 238 g/mol. The van der Waals surface area contributed by atoms with Gasteiger partial charge in [0.2, 0.25) is 0 Å². The minimum absolute atomic E-state index is 0.0434. The number of rotatable bonds is 5. The van der Waals surface area contributed by atoms with Crippen molar-refractivity contribution in [3.05, 3.63) is 71.8 Å². The topological polar surface area (TPSA) is 38.7 Å². The van der Waals surface area contributed by atoms with E-state index in [0.29, 0.717) is 6.61 Å². The molecular formula is C16H15NO2. The first kappa shape index (κ1) is 13.0. The summed E-state index contributed by atoms with van der Waals surface area (Å²) in [6.45, 7) is 0.336. The Hall–Kier alpha value is -2.42. The number of benzene rings is 2. The number of esters is 1. The summed E-state index contributed by atoms with van der Waals surface area (Å²) in [5, 5.41) is 0. The second kappa shape index (κ2) is 7.11. The Morgan fingerprint density at radius 2 is 1.63 bits per heavy atom. The second-order valence-corrected chi connectivity index (χ2v) is 4.03. The molecule has 0 aliphatic carbocycles. The summed E-state index contributed by atoms with van der Waals surface area (Å²) in [5.41, 5.74) is 1.95. The van der Waals surface area contributed by atoms with Crippen LogP contribution in [0.4, 0.5) is 0 Å². The molecule has 3 heteroatoms. The summed E-state index contributed by atoms with van der Waals surface area (Å²) >= 11 is 0. The van der Waals surface area contributed by atoms with Crippen LogP contribution in [0.25, 0.3) is 0 Å². The molecule has 0 saturated carbocycles. The highest BCUT2D eigenvalue weighted by Crippen LogP contribution is 2.00. The Balaban J connectivity index is 1.75. The van der Waals surface area contributed by atoms with E-state index in [4.69, 9.17) is 4.74 Å². The highest BCUT2D eigenvalue weighted by Gasteiger charge is 2.00. The number of aliphatic imine (C=N–C) groups is 1. The third-order valence-electron chi connectivity index (χ3n) is 2.50. The Bertz CT molecular complexity index is 535. The third kappa shape index (κ3) is 4.76. The summed E-state index contributed by atoms with van der Waals surface area (Å²) in [6.07, 6.45) is 1.67. The minimum atomic E-state index is -0.323. The fraction of sp³-hybridized carbons (Fsp3) is 0.125. The highest BCUT2D eigenvalue weighted by molar-refractivity contribution is 5.82. The molecule has 0 aliphatic rings. The zero-order valence-corrected chi connectivity index (χ0v) is 10.5. The zero-order chi connectivity index (χ0) is 13.3. The van der Waals surface area contributed by atoms with Crippen molar-refractivity contribution in [3.8, 4) is 0 Å². The van der Waals surface area contributed by atoms with Gasteiger partial charge in [0.05, 0.1) is 0 Å². The molecule has 0 aliphatic heterocycles. The van der Waals surface area contributed by atoms with Crippen molar-refractivity contribution in [2.45, 2.75) is 6.61 Å². The van der Waals surface area contributed by atoms with Gasteiger partial charge >= 0.3 is 5.97 Å². The third-order valence-corrected chi connectivity index (χ3v) is 2.50. The molecule has 0 unspecified atom stereocenters. The molecule has 19 heavy (non-hydrogen) atoms. The Morgan fingerprint density at radius 3 is 2.32 bits per heavy atom. The molecule has 0 bridgehead atoms. The van der Waals surface area contributed by atoms with Gasteiger partial charge in [-0.15, -0.1) is 0 Å². The maximum atomic E-state index is 11.5. The van der Waals surface area contributed by atoms with Crippen LogP contribution >= 0.6 is 0 Å². The maximum absolute atomic E-state index is 11.5. The predicted octanol–water partition coefficient (Wildman–Crippen LogP) is 2.85. The Labute approximate surface area is 112 Å². The Morgan fingerprint density at radius 1 is 1.00 bits per heavy atom. The zero-order valence-electron chi connectivity index (χ0n) is 10.5. The van der Waals surface area contributed by atoms with Crippen molar-refractivity contribution in [1.29, 1.82) is 0 Å². The normalized spacial score (nSPS) is 10.5. The van der Waals surface area contributed by atoms with Gasteiger partial charge in [-0.25, -0.2) is 0 Å². The van der Waals surface area contributed by atoms with E-state index < -0.39 is 0 Å². The van der Waals surface area contributed by atoms with E-state index in [1.54, 1.807) is 6.21 Å². The van der Waals surface area contributed by atoms with Gasteiger partial charge in [-0.05, 0) is 11.1 Å². The van der Waals surface area contributed by atoms with Crippen molar-refractivity contribution in [2.75, 3.05) is 6.54 Å². The lowest BCUT2D eigenvalue weighted by atomic mass is 10.2. The molecule has 0 fully saturated rings. The van der Waals surface area contributed by atoms with Gasteiger partial charge in [0.15, 0.2) is 0 Å². The average Bonchev–Trinajstić information content (AvgIpc) is 2.47. The summed E-state index contributed by atoms with van der Waals surface area (Å²) in [6, 6.07) is 19.2. The number of carbonyl (C=O) groups excluding carboxylic acids is 1. The molecule has 0 atom stereocenters. The summed E-state index contributed by atoms with van der Waals surface area (Å²) < 4.78 is 5.11. The van der Waals surface area contributed by atoms with Crippen LogP contribution in [-0.2, 0) is 16.1 Å². The largest absolute Gasteiger partial charge is 0.459 e. The van der Waals surface area contributed by atoms with Gasteiger partial charge in [-0.1, -0.05) is 60.7 Å². The van der Waals surface area contributed by atoms with E-state index in [0.717, 1.165) is 11.1 Å². The molecule has 96 valence electrons. The molecule has 0 N–H and O–H groups in total. The van der Waals surface area contributed by atoms with Crippen LogP contribution in [0.3, 0.4) is 0 Å². The number of hydrogen-bond donors (Lipinski definition) is 0. The summed E-state index contributed by atoms with van der Waals surface area (Å²) in [5.74, 6) is -0.323. The fourth-order valence-corrected chi connectivity index (χ4v) is 1.55. The first-order chi connectivity index (χ1) is 9.34. The highest BCUT2D eigenvalue weighted by atomic mass is 16.5. The van der Waals surface area contributed by atoms with E-state index in [1.807, 2.05) is 60.7 Å². The van der Waals surface area contributed by atoms with Gasteiger partial charge in [0, 0.05) is 6.21 Å². The first-order valence-corrected chi connectivity index (χ1v) is 6.09. The van der Waals surface area contributed by atoms with Gasteiger partial charge in [0.25, 0.3) is 0 Å². The van der Waals surface area contributed by atoms with Crippen molar-refractivity contribution in [1.82, 2.24) is 0 Å². The van der Waals surface area contributed by atoms with E-state index in [2.05, 4.69) is 4.99 Å². The monoisotopic (exact) mass is 253 g/mol. The molecule has 2 rings (SSSR count). The summed E-state index contributed by atoms with van der Waals surface area (Å²) in [7, 11) is 0. The smallest absolute Gasteiger partial charge is 0.328 e. The maximum Gasteiger partial charge on any atom is 0.328 e. The van der Waals surface area contributed by atoms with Gasteiger partial charge < -0.3 is 4.74 Å². The van der Waals surface area contributed by atoms with Crippen LogP contribution in [-0.4, -0.2) is 18.7 Å². The average molecular weight is 253 g/mol. The van der Waals surface area contributed by atoms with E-state index in [-0.39, 0.29) is 12.5 Å². The molecule has 0 radical (unpaired) electrons. The predicted molar refractivity (Wildman–Crippen MR) is 75.1 cm³/mol. The van der Waals surface area contributed by atoms with Crippen LogP contribution < -0.4 is 0 Å². The number of hydrogen-bond acceptors (Lipinski definition) is 3. The number of nitrogens with zero attached hydrogens (tertiary/aromatic N) is 1. The van der Waals surface area contributed by atoms with Crippen LogP contribution in [0.15, 0.2) is 65.7 Å². The van der Waals surface area contributed by atoms with E-state index in [1.165, 1.54) is 0 Å². The van der Waals surface area contributed by atoms with E-state index >= 15 is 0 Å². The standard InChI is InChI=1S/C16H15NO2/c18-16(19-13-15-9-5-2-6-10-15)12-17-11-14-7-3-1-4-8-14/h1-11H,12-13H2. The van der Waals surface area contributed by atoms with Crippen LogP contribution in [0.2, 0.25) is 0 Å². The lowest BCUT2D eigenvalue weighted by Gasteiger charge is -2.02. The van der Waals surface area contributed by atoms with Crippen molar-refractivity contribution in [2.24, 2.45) is 4.99 Å². The van der Waals surface area contributed by atoms with Gasteiger partial charge in [-0.2, -0.15) is 0 Å². The van der Waals surface area contributed by atoms with Crippen LogP contribution in [0.1, 0.15) is 11.1 Å². The van der Waals surface area contributed by atoms with Crippen molar-refractivity contribution >= 4 is 12.2 Å². The van der Waals surface area contributed by atoms with Crippen LogP contribution in [0, 0.1) is 0 Å². The van der Waals surface area contributed by atoms with Gasteiger partial charge in [0.1, 0.15) is 13.2 Å². The molecule has 0 aromatic heterocycles. The minimum Gasteiger partial charge on any atom is -0.459 e. The van der Waals surface area contributed by atoms with Crippen LogP contribution in [0.5, 0.6) is 0 Å².